The number of fused-ring (bicyclic) bond motifs is 1. The monoisotopic (exact) mass is 445 g/mol. The van der Waals surface area contributed by atoms with Gasteiger partial charge in [0.25, 0.3) is 5.91 Å². The molecule has 6 nitrogen and oxygen atoms in total. The molecule has 1 heterocycles. The molecular formula is C25H23N3O3S. The first-order chi connectivity index (χ1) is 15.5. The molecule has 162 valence electrons. The largest absolute Gasteiger partial charge is 0.493 e. The van der Waals surface area contributed by atoms with Gasteiger partial charge >= 0.3 is 0 Å². The summed E-state index contributed by atoms with van der Waals surface area (Å²) < 4.78 is 5.72. The van der Waals surface area contributed by atoms with Crippen molar-refractivity contribution in [1.29, 1.82) is 0 Å². The maximum Gasteiger partial charge on any atom is 0.261 e. The van der Waals surface area contributed by atoms with Gasteiger partial charge in [-0.15, -0.1) is 11.3 Å². The number of amides is 2. The molecule has 0 aliphatic rings. The van der Waals surface area contributed by atoms with Crippen molar-refractivity contribution in [3.05, 3.63) is 77.2 Å². The molecule has 2 amide bonds. The quantitative estimate of drug-likeness (QED) is 0.407. The number of hydrogen-bond donors (Lipinski definition) is 2. The zero-order valence-electron chi connectivity index (χ0n) is 17.8. The molecule has 0 saturated carbocycles. The van der Waals surface area contributed by atoms with E-state index in [1.165, 1.54) is 18.3 Å². The van der Waals surface area contributed by atoms with Gasteiger partial charge in [-0.3, -0.25) is 14.9 Å². The Morgan fingerprint density at radius 3 is 2.44 bits per heavy atom. The van der Waals surface area contributed by atoms with Crippen LogP contribution in [-0.2, 0) is 11.3 Å². The molecule has 4 aromatic rings. The van der Waals surface area contributed by atoms with Crippen LogP contribution in [0.2, 0.25) is 0 Å². The van der Waals surface area contributed by atoms with Crippen molar-refractivity contribution in [1.82, 2.24) is 10.3 Å². The van der Waals surface area contributed by atoms with Crippen molar-refractivity contribution in [3.8, 4) is 17.0 Å². The van der Waals surface area contributed by atoms with E-state index < -0.39 is 0 Å². The lowest BCUT2D eigenvalue weighted by molar-refractivity contribution is -0.119. The van der Waals surface area contributed by atoms with E-state index in [1.54, 1.807) is 0 Å². The minimum absolute atomic E-state index is 0.0622. The molecular weight excluding hydrogens is 422 g/mol. The number of benzene rings is 3. The fourth-order valence-corrected chi connectivity index (χ4v) is 4.03. The Bertz CT molecular complexity index is 1270. The fourth-order valence-electron chi connectivity index (χ4n) is 3.32. The van der Waals surface area contributed by atoms with Crippen molar-refractivity contribution in [2.75, 3.05) is 11.9 Å². The van der Waals surface area contributed by atoms with Gasteiger partial charge in [0, 0.05) is 24.4 Å². The van der Waals surface area contributed by atoms with E-state index in [-0.39, 0.29) is 11.8 Å². The Labute approximate surface area is 190 Å². The number of carbonyl (C=O) groups excluding carboxylic acids is 2. The number of aromatic nitrogens is 1. The molecule has 0 saturated heterocycles. The van der Waals surface area contributed by atoms with Crippen LogP contribution in [0.4, 0.5) is 5.13 Å². The zero-order chi connectivity index (χ0) is 22.5. The van der Waals surface area contributed by atoms with Gasteiger partial charge < -0.3 is 10.1 Å². The highest BCUT2D eigenvalue weighted by Crippen LogP contribution is 2.29. The van der Waals surface area contributed by atoms with Crippen LogP contribution in [0.1, 0.15) is 29.8 Å². The molecule has 0 aliphatic carbocycles. The van der Waals surface area contributed by atoms with Crippen LogP contribution in [-0.4, -0.2) is 23.4 Å². The number of nitrogens with zero attached hydrogens (tertiary/aromatic N) is 1. The smallest absolute Gasteiger partial charge is 0.261 e. The van der Waals surface area contributed by atoms with Crippen LogP contribution < -0.4 is 15.4 Å². The van der Waals surface area contributed by atoms with Gasteiger partial charge in [0.05, 0.1) is 17.9 Å². The molecule has 32 heavy (non-hydrogen) atoms. The van der Waals surface area contributed by atoms with Crippen LogP contribution in [0.15, 0.2) is 66.0 Å². The van der Waals surface area contributed by atoms with E-state index >= 15 is 0 Å². The summed E-state index contributed by atoms with van der Waals surface area (Å²) in [5.41, 5.74) is 3.20. The maximum absolute atomic E-state index is 13.0. The van der Waals surface area contributed by atoms with Gasteiger partial charge in [0.1, 0.15) is 5.75 Å². The summed E-state index contributed by atoms with van der Waals surface area (Å²) in [6.07, 6.45) is 0. The Hall–Kier alpha value is -3.71. The Balaban J connectivity index is 1.51. The molecule has 0 atom stereocenters. The number of anilines is 1. The molecule has 0 unspecified atom stereocenters. The summed E-state index contributed by atoms with van der Waals surface area (Å²) in [6.45, 7) is 4.35. The normalized spacial score (nSPS) is 10.7. The Kier molecular flexibility index (Phi) is 6.47. The number of nitrogens with one attached hydrogen (secondary N) is 2. The highest BCUT2D eigenvalue weighted by Gasteiger charge is 2.16. The molecule has 0 radical (unpaired) electrons. The molecule has 7 heteroatoms. The second-order valence-electron chi connectivity index (χ2n) is 7.23. The number of rotatable bonds is 7. The zero-order valence-corrected chi connectivity index (χ0v) is 18.7. The highest BCUT2D eigenvalue weighted by atomic mass is 32.1. The maximum atomic E-state index is 13.0. The average molecular weight is 446 g/mol. The van der Waals surface area contributed by atoms with Crippen molar-refractivity contribution in [2.45, 2.75) is 20.4 Å². The predicted molar refractivity (Wildman–Crippen MR) is 128 cm³/mol. The third kappa shape index (κ3) is 4.95. The van der Waals surface area contributed by atoms with E-state index in [2.05, 4.69) is 15.6 Å². The van der Waals surface area contributed by atoms with Crippen LogP contribution in [0.5, 0.6) is 5.75 Å². The van der Waals surface area contributed by atoms with E-state index in [0.717, 1.165) is 27.6 Å². The molecule has 4 rings (SSSR count). The van der Waals surface area contributed by atoms with Gasteiger partial charge in [-0.05, 0) is 35.4 Å². The number of ether oxygens (including phenoxy) is 1. The lowest BCUT2D eigenvalue weighted by Gasteiger charge is -2.11. The summed E-state index contributed by atoms with van der Waals surface area (Å²) in [4.78, 5) is 28.6. The lowest BCUT2D eigenvalue weighted by Crippen LogP contribution is -2.18. The van der Waals surface area contributed by atoms with Crippen molar-refractivity contribution < 1.29 is 14.3 Å². The molecule has 0 aliphatic heterocycles. The summed E-state index contributed by atoms with van der Waals surface area (Å²) in [5.74, 6) is 0.230. The van der Waals surface area contributed by atoms with Gasteiger partial charge in [-0.25, -0.2) is 4.98 Å². The van der Waals surface area contributed by atoms with Crippen molar-refractivity contribution >= 4 is 39.1 Å². The molecule has 1 aromatic heterocycles. The lowest BCUT2D eigenvalue weighted by atomic mass is 10.1. The number of hydrogen-bond acceptors (Lipinski definition) is 5. The molecule has 0 bridgehead atoms. The van der Waals surface area contributed by atoms with Crippen molar-refractivity contribution in [3.63, 3.8) is 0 Å². The SMILES string of the molecule is CCOc1cc2ccccc2cc1C(=O)Nc1nc(-c2ccc(CNC(C)=O)cc2)cs1. The number of carbonyl (C=O) groups is 2. The second kappa shape index (κ2) is 9.62. The molecule has 3 aromatic carbocycles. The molecule has 2 N–H and O–H groups in total. The topological polar surface area (TPSA) is 80.3 Å². The van der Waals surface area contributed by atoms with Crippen molar-refractivity contribution in [2.24, 2.45) is 0 Å². The van der Waals surface area contributed by atoms with Crippen LogP contribution in [0.3, 0.4) is 0 Å². The van der Waals surface area contributed by atoms with Crippen LogP contribution in [0, 0.1) is 0 Å². The van der Waals surface area contributed by atoms with Gasteiger partial charge in [-0.1, -0.05) is 48.5 Å². The van der Waals surface area contributed by atoms with Crippen LogP contribution in [0.25, 0.3) is 22.0 Å². The summed E-state index contributed by atoms with van der Waals surface area (Å²) >= 11 is 1.37. The highest BCUT2D eigenvalue weighted by molar-refractivity contribution is 7.14. The minimum Gasteiger partial charge on any atom is -0.493 e. The first-order valence-electron chi connectivity index (χ1n) is 10.3. The number of thiazole rings is 1. The third-order valence-corrected chi connectivity index (χ3v) is 5.67. The average Bonchev–Trinajstić information content (AvgIpc) is 3.26. The van der Waals surface area contributed by atoms with E-state index in [4.69, 9.17) is 4.74 Å². The summed E-state index contributed by atoms with van der Waals surface area (Å²) in [5, 5.41) is 10.1. The summed E-state index contributed by atoms with van der Waals surface area (Å²) in [7, 11) is 0. The summed E-state index contributed by atoms with van der Waals surface area (Å²) in [6, 6.07) is 19.4. The van der Waals surface area contributed by atoms with Gasteiger partial charge in [-0.2, -0.15) is 0 Å². The van der Waals surface area contributed by atoms with Gasteiger partial charge in [0.15, 0.2) is 5.13 Å². The minimum atomic E-state index is -0.259. The van der Waals surface area contributed by atoms with E-state index in [1.807, 2.05) is 73.0 Å². The first kappa shape index (κ1) is 21.5. The standard InChI is InChI=1S/C25H23N3O3S/c1-3-31-23-13-20-7-5-4-6-19(20)12-21(23)24(30)28-25-27-22(15-32-25)18-10-8-17(9-11-18)14-26-16(2)29/h4-13,15H,3,14H2,1-2H3,(H,26,29)(H,27,28,30). The van der Waals surface area contributed by atoms with Crippen LogP contribution >= 0.6 is 11.3 Å². The Morgan fingerprint density at radius 2 is 1.75 bits per heavy atom. The Morgan fingerprint density at radius 1 is 1.03 bits per heavy atom. The molecule has 0 spiro atoms. The third-order valence-electron chi connectivity index (χ3n) is 4.91. The fraction of sp³-hybridized carbons (Fsp3) is 0.160. The van der Waals surface area contributed by atoms with Gasteiger partial charge in [0.2, 0.25) is 5.91 Å². The first-order valence-corrected chi connectivity index (χ1v) is 11.2. The van der Waals surface area contributed by atoms with E-state index in [0.29, 0.717) is 29.6 Å². The second-order valence-corrected chi connectivity index (χ2v) is 8.09. The molecule has 0 fully saturated rings. The van der Waals surface area contributed by atoms with E-state index in [9.17, 15) is 9.59 Å². The predicted octanol–water partition coefficient (Wildman–Crippen LogP) is 5.25.